The monoisotopic (exact) mass is 322 g/mol. The van der Waals surface area contributed by atoms with E-state index in [0.29, 0.717) is 13.0 Å². The van der Waals surface area contributed by atoms with Crippen LogP contribution in [0.2, 0.25) is 5.02 Å². The predicted molar refractivity (Wildman–Crippen MR) is 85.3 cm³/mol. The van der Waals surface area contributed by atoms with Crippen LogP contribution in [0.5, 0.6) is 0 Å². The van der Waals surface area contributed by atoms with Gasteiger partial charge in [0, 0.05) is 34.2 Å². The van der Waals surface area contributed by atoms with Gasteiger partial charge >= 0.3 is 0 Å². The molecule has 1 rings (SSSR count). The van der Waals surface area contributed by atoms with Crippen molar-refractivity contribution >= 4 is 41.7 Å². The maximum absolute atomic E-state index is 11.7. The highest BCUT2D eigenvalue weighted by Gasteiger charge is 2.17. The highest BCUT2D eigenvalue weighted by molar-refractivity contribution is 7.99. The average molecular weight is 323 g/mol. The molecule has 0 aliphatic rings. The molecule has 0 bridgehead atoms. The molecule has 3 N–H and O–H groups in total. The minimum atomic E-state index is -0.331. The molecule has 0 unspecified atom stereocenters. The van der Waals surface area contributed by atoms with E-state index in [1.54, 1.807) is 11.8 Å². The summed E-state index contributed by atoms with van der Waals surface area (Å²) in [5.41, 5.74) is 5.22. The standard InChI is InChI=1S/C13H19ClN2OS.ClH/c1-13(2,9-15)16-12(17)7-8-18-11-5-3-10(14)4-6-11;/h3-6H,7-9,15H2,1-2H3,(H,16,17);1H. The lowest BCUT2D eigenvalue weighted by atomic mass is 10.1. The first-order chi connectivity index (χ1) is 8.43. The van der Waals surface area contributed by atoms with Gasteiger partial charge in [0.25, 0.3) is 0 Å². The summed E-state index contributed by atoms with van der Waals surface area (Å²) in [5.74, 6) is 0.778. The van der Waals surface area contributed by atoms with Crippen molar-refractivity contribution in [2.75, 3.05) is 12.3 Å². The van der Waals surface area contributed by atoms with E-state index in [9.17, 15) is 4.79 Å². The molecular formula is C13H20Cl2N2OS. The second-order valence-corrected chi connectivity index (χ2v) is 6.29. The lowest BCUT2D eigenvalue weighted by Gasteiger charge is -2.24. The van der Waals surface area contributed by atoms with Gasteiger partial charge in [0.2, 0.25) is 5.91 Å². The summed E-state index contributed by atoms with van der Waals surface area (Å²) in [5, 5.41) is 3.63. The van der Waals surface area contributed by atoms with E-state index < -0.39 is 0 Å². The third-order valence-electron chi connectivity index (χ3n) is 2.40. The maximum atomic E-state index is 11.7. The van der Waals surface area contributed by atoms with Gasteiger partial charge in [-0.25, -0.2) is 0 Å². The van der Waals surface area contributed by atoms with Crippen molar-refractivity contribution in [3.8, 4) is 0 Å². The van der Waals surface area contributed by atoms with E-state index in [0.717, 1.165) is 15.7 Å². The third-order valence-corrected chi connectivity index (χ3v) is 3.67. The Balaban J connectivity index is 0.00000324. The SMILES string of the molecule is CC(C)(CN)NC(=O)CCSc1ccc(Cl)cc1.Cl. The zero-order valence-corrected chi connectivity index (χ0v) is 13.5. The Morgan fingerprint density at radius 1 is 1.37 bits per heavy atom. The molecule has 1 aromatic rings. The summed E-state index contributed by atoms with van der Waals surface area (Å²) < 4.78 is 0. The molecule has 0 saturated carbocycles. The number of nitrogens with two attached hydrogens (primary N) is 1. The van der Waals surface area contributed by atoms with Gasteiger partial charge in [-0.3, -0.25) is 4.79 Å². The molecule has 0 radical (unpaired) electrons. The predicted octanol–water partition coefficient (Wildman–Crippen LogP) is 3.10. The molecule has 0 spiro atoms. The number of halogens is 2. The Labute approximate surface area is 130 Å². The van der Waals surface area contributed by atoms with E-state index in [1.807, 2.05) is 38.1 Å². The summed E-state index contributed by atoms with van der Waals surface area (Å²) in [6.07, 6.45) is 0.483. The third kappa shape index (κ3) is 7.67. The van der Waals surface area contributed by atoms with E-state index in [-0.39, 0.29) is 23.9 Å². The van der Waals surface area contributed by atoms with Crippen molar-refractivity contribution in [1.82, 2.24) is 5.32 Å². The summed E-state index contributed by atoms with van der Waals surface area (Å²) in [7, 11) is 0. The fraction of sp³-hybridized carbons (Fsp3) is 0.462. The van der Waals surface area contributed by atoms with Gasteiger partial charge in [0.1, 0.15) is 0 Å². The summed E-state index contributed by atoms with van der Waals surface area (Å²) in [6, 6.07) is 7.60. The van der Waals surface area contributed by atoms with Crippen molar-refractivity contribution in [3.05, 3.63) is 29.3 Å². The minimum Gasteiger partial charge on any atom is -0.350 e. The zero-order chi connectivity index (χ0) is 13.6. The molecule has 0 aliphatic heterocycles. The Hall–Kier alpha value is -0.420. The number of hydrogen-bond acceptors (Lipinski definition) is 3. The van der Waals surface area contributed by atoms with Crippen molar-refractivity contribution in [1.29, 1.82) is 0 Å². The van der Waals surface area contributed by atoms with E-state index in [4.69, 9.17) is 17.3 Å². The number of nitrogens with one attached hydrogen (secondary N) is 1. The molecular weight excluding hydrogens is 303 g/mol. The summed E-state index contributed by atoms with van der Waals surface area (Å²) in [4.78, 5) is 12.8. The first-order valence-electron chi connectivity index (χ1n) is 5.82. The van der Waals surface area contributed by atoms with Crippen LogP contribution in [0.4, 0.5) is 0 Å². The van der Waals surface area contributed by atoms with Gasteiger partial charge in [-0.15, -0.1) is 24.2 Å². The Kier molecular flexibility index (Phi) is 8.50. The molecule has 19 heavy (non-hydrogen) atoms. The summed E-state index contributed by atoms with van der Waals surface area (Å²) >= 11 is 7.44. The molecule has 0 aromatic heterocycles. The lowest BCUT2D eigenvalue weighted by Crippen LogP contribution is -2.48. The smallest absolute Gasteiger partial charge is 0.221 e. The van der Waals surface area contributed by atoms with Crippen molar-refractivity contribution in [2.45, 2.75) is 30.7 Å². The van der Waals surface area contributed by atoms with E-state index in [2.05, 4.69) is 5.32 Å². The molecule has 0 aliphatic carbocycles. The first kappa shape index (κ1) is 18.6. The second-order valence-electron chi connectivity index (χ2n) is 4.69. The van der Waals surface area contributed by atoms with Crippen LogP contribution in [0.15, 0.2) is 29.2 Å². The van der Waals surface area contributed by atoms with Gasteiger partial charge in [-0.2, -0.15) is 0 Å². The van der Waals surface area contributed by atoms with E-state index in [1.165, 1.54) is 0 Å². The van der Waals surface area contributed by atoms with Crippen LogP contribution in [0.25, 0.3) is 0 Å². The van der Waals surface area contributed by atoms with Crippen molar-refractivity contribution < 1.29 is 4.79 Å². The number of hydrogen-bond donors (Lipinski definition) is 2. The highest BCUT2D eigenvalue weighted by Crippen LogP contribution is 2.20. The van der Waals surface area contributed by atoms with Crippen LogP contribution < -0.4 is 11.1 Å². The van der Waals surface area contributed by atoms with Gasteiger partial charge in [-0.05, 0) is 38.1 Å². The first-order valence-corrected chi connectivity index (χ1v) is 7.19. The van der Waals surface area contributed by atoms with Crippen LogP contribution in [0, 0.1) is 0 Å². The Bertz CT molecular complexity index is 396. The Morgan fingerprint density at radius 3 is 2.47 bits per heavy atom. The van der Waals surface area contributed by atoms with Crippen LogP contribution in [-0.4, -0.2) is 23.7 Å². The normalized spacial score (nSPS) is 10.7. The highest BCUT2D eigenvalue weighted by atomic mass is 35.5. The van der Waals surface area contributed by atoms with Gasteiger partial charge in [0.05, 0.1) is 0 Å². The molecule has 0 atom stereocenters. The van der Waals surface area contributed by atoms with Crippen LogP contribution >= 0.6 is 35.8 Å². The van der Waals surface area contributed by atoms with Crippen LogP contribution in [-0.2, 0) is 4.79 Å². The van der Waals surface area contributed by atoms with Gasteiger partial charge < -0.3 is 11.1 Å². The quantitative estimate of drug-likeness (QED) is 0.791. The number of amides is 1. The number of carbonyl (C=O) groups is 1. The molecule has 0 saturated heterocycles. The molecule has 0 heterocycles. The lowest BCUT2D eigenvalue weighted by molar-refractivity contribution is -0.122. The fourth-order valence-corrected chi connectivity index (χ4v) is 2.26. The molecule has 6 heteroatoms. The van der Waals surface area contributed by atoms with Gasteiger partial charge in [0.15, 0.2) is 0 Å². The zero-order valence-electron chi connectivity index (χ0n) is 11.1. The van der Waals surface area contributed by atoms with Gasteiger partial charge in [-0.1, -0.05) is 11.6 Å². The molecule has 0 fully saturated rings. The van der Waals surface area contributed by atoms with Crippen LogP contribution in [0.3, 0.4) is 0 Å². The molecule has 1 amide bonds. The second kappa shape index (κ2) is 8.69. The van der Waals surface area contributed by atoms with E-state index >= 15 is 0 Å². The summed E-state index contributed by atoms with van der Waals surface area (Å²) in [6.45, 7) is 4.26. The number of benzene rings is 1. The minimum absolute atomic E-state index is 0. The fourth-order valence-electron chi connectivity index (χ4n) is 1.28. The molecule has 108 valence electrons. The number of thioether (sulfide) groups is 1. The molecule has 1 aromatic carbocycles. The number of rotatable bonds is 6. The topological polar surface area (TPSA) is 55.1 Å². The Morgan fingerprint density at radius 2 is 1.95 bits per heavy atom. The van der Waals surface area contributed by atoms with Crippen molar-refractivity contribution in [2.24, 2.45) is 5.73 Å². The average Bonchev–Trinajstić information content (AvgIpc) is 2.31. The number of carbonyl (C=O) groups excluding carboxylic acids is 1. The largest absolute Gasteiger partial charge is 0.350 e. The van der Waals surface area contributed by atoms with Crippen LogP contribution in [0.1, 0.15) is 20.3 Å². The van der Waals surface area contributed by atoms with Crippen molar-refractivity contribution in [3.63, 3.8) is 0 Å². The maximum Gasteiger partial charge on any atom is 0.221 e. The molecule has 3 nitrogen and oxygen atoms in total.